The van der Waals surface area contributed by atoms with E-state index in [0.717, 1.165) is 0 Å². The Labute approximate surface area is 76.9 Å². The van der Waals surface area contributed by atoms with Crippen molar-refractivity contribution >= 4 is 67.3 Å². The van der Waals surface area contributed by atoms with Gasteiger partial charge in [0, 0.05) is 5.45 Å². The number of alkyl halides is 1. The summed E-state index contributed by atoms with van der Waals surface area (Å²) in [6, 6.07) is 0. The van der Waals surface area contributed by atoms with E-state index in [1.54, 1.807) is 0 Å². The molecule has 0 fully saturated rings. The van der Waals surface area contributed by atoms with Gasteiger partial charge < -0.3 is 5.73 Å². The van der Waals surface area contributed by atoms with Crippen molar-refractivity contribution in [1.29, 1.82) is 0 Å². The number of nitrogens with two attached hydrogens (primary N) is 1. The second-order valence-electron chi connectivity index (χ2n) is 0.154. The van der Waals surface area contributed by atoms with E-state index < -0.39 is 0 Å². The van der Waals surface area contributed by atoms with E-state index in [1.165, 1.54) is 0 Å². The van der Waals surface area contributed by atoms with E-state index in [0.29, 0.717) is 5.45 Å². The Bertz CT molecular complexity index is 8.00. The Morgan fingerprint density at radius 2 is 1.75 bits per heavy atom. The molecule has 0 atom stereocenters. The minimum absolute atomic E-state index is 0. The molecule has 0 amide bonds. The van der Waals surface area contributed by atoms with Crippen LogP contribution in [0.3, 0.4) is 0 Å². The summed E-state index contributed by atoms with van der Waals surface area (Å²) in [6.07, 6.45) is 0. The number of rotatable bonds is 0. The summed E-state index contributed by atoms with van der Waals surface area (Å²) in [7, 11) is 0. The van der Waals surface area contributed by atoms with Crippen molar-refractivity contribution in [3.8, 4) is 0 Å². The normalized spacial score (nSPS) is 4.50. The quantitative estimate of drug-likeness (QED) is 0.285. The van der Waals surface area contributed by atoms with Gasteiger partial charge in [-0.15, -0.1) is 0 Å². The molecule has 1 nitrogen and oxygen atoms in total. The van der Waals surface area contributed by atoms with Gasteiger partial charge in [-0.25, -0.2) is 0 Å². The number of halogens is 1. The Balaban J connectivity index is 0. The third kappa shape index (κ3) is 8.95. The molecule has 0 heterocycles. The van der Waals surface area contributed by atoms with Gasteiger partial charge in [0.15, 0.2) is 0 Å². The van der Waals surface area contributed by atoms with Crippen molar-refractivity contribution < 1.29 is 0 Å². The molecule has 0 radical (unpaired) electrons. The standard InChI is InChI=1S/CH4BrN.K.H/c2-1-3;;/h1,3H2;;. The second-order valence-corrected chi connectivity index (χ2v) is 0.802. The number of hydrogen-bond donors (Lipinski definition) is 1. The summed E-state index contributed by atoms with van der Waals surface area (Å²) >= 11 is 2.92. The molecular formula is CH5BrKN. The summed E-state index contributed by atoms with van der Waals surface area (Å²) in [6.45, 7) is 0. The van der Waals surface area contributed by atoms with Gasteiger partial charge in [0.05, 0.1) is 0 Å². The van der Waals surface area contributed by atoms with Gasteiger partial charge >= 0.3 is 51.4 Å². The van der Waals surface area contributed by atoms with Crippen LogP contribution in [0.4, 0.5) is 0 Å². The third-order valence-electron chi connectivity index (χ3n) is 0. The van der Waals surface area contributed by atoms with Crippen LogP contribution in [0.15, 0.2) is 0 Å². The fraction of sp³-hybridized carbons (Fsp3) is 1.00. The second kappa shape index (κ2) is 8.91. The molecule has 2 N–H and O–H groups in total. The number of hydrogen-bond acceptors (Lipinski definition) is 1. The zero-order chi connectivity index (χ0) is 2.71. The molecule has 0 spiro atoms. The molecule has 0 aliphatic heterocycles. The monoisotopic (exact) mass is 149 g/mol. The van der Waals surface area contributed by atoms with Gasteiger partial charge in [-0.1, -0.05) is 15.9 Å². The van der Waals surface area contributed by atoms with Crippen molar-refractivity contribution in [2.24, 2.45) is 5.73 Å². The predicted octanol–water partition coefficient (Wildman–Crippen LogP) is -0.351. The summed E-state index contributed by atoms with van der Waals surface area (Å²) in [5.41, 5.74) is 5.33. The van der Waals surface area contributed by atoms with Crippen molar-refractivity contribution in [2.75, 3.05) is 5.45 Å². The van der Waals surface area contributed by atoms with Gasteiger partial charge in [0.1, 0.15) is 0 Å². The molecule has 0 aromatic rings. The maximum absolute atomic E-state index is 4.76. The van der Waals surface area contributed by atoms with E-state index in [1.807, 2.05) is 0 Å². The van der Waals surface area contributed by atoms with Crippen LogP contribution in [0.5, 0.6) is 0 Å². The molecule has 0 aromatic carbocycles. The molecule has 22 valence electrons. The van der Waals surface area contributed by atoms with Crippen molar-refractivity contribution in [2.45, 2.75) is 0 Å². The fourth-order valence-electron chi connectivity index (χ4n) is 0. The van der Waals surface area contributed by atoms with Gasteiger partial charge in [0.2, 0.25) is 0 Å². The minimum atomic E-state index is 0. The Hall–Kier alpha value is 2.08. The van der Waals surface area contributed by atoms with Crippen LogP contribution in [-0.2, 0) is 0 Å². The van der Waals surface area contributed by atoms with E-state index in [-0.39, 0.29) is 51.4 Å². The Kier molecular flexibility index (Phi) is 21.0. The molecular weight excluding hydrogens is 145 g/mol. The topological polar surface area (TPSA) is 26.0 Å². The van der Waals surface area contributed by atoms with Gasteiger partial charge in [-0.05, 0) is 0 Å². The molecule has 0 rings (SSSR count). The average molecular weight is 150 g/mol. The van der Waals surface area contributed by atoms with E-state index in [9.17, 15) is 0 Å². The molecule has 0 aromatic heterocycles. The summed E-state index contributed by atoms with van der Waals surface area (Å²) in [4.78, 5) is 0. The van der Waals surface area contributed by atoms with E-state index in [4.69, 9.17) is 5.73 Å². The molecule has 0 unspecified atom stereocenters. The van der Waals surface area contributed by atoms with Crippen LogP contribution in [0.1, 0.15) is 0 Å². The van der Waals surface area contributed by atoms with Crippen molar-refractivity contribution in [1.82, 2.24) is 0 Å². The average Bonchev–Trinajstić information content (AvgIpc) is 0.918. The van der Waals surface area contributed by atoms with Crippen LogP contribution in [0.25, 0.3) is 0 Å². The first-order valence-electron chi connectivity index (χ1n) is 0.676. The summed E-state index contributed by atoms with van der Waals surface area (Å²) in [5.74, 6) is 0. The zero-order valence-corrected chi connectivity index (χ0v) is 3.25. The summed E-state index contributed by atoms with van der Waals surface area (Å²) < 4.78 is 0. The van der Waals surface area contributed by atoms with E-state index in [2.05, 4.69) is 15.9 Å². The SMILES string of the molecule is NCBr.[KH]. The first-order valence-corrected chi connectivity index (χ1v) is 1.80. The molecule has 0 bridgehead atoms. The Morgan fingerprint density at radius 3 is 1.75 bits per heavy atom. The van der Waals surface area contributed by atoms with Crippen molar-refractivity contribution in [3.63, 3.8) is 0 Å². The van der Waals surface area contributed by atoms with Gasteiger partial charge in [0.25, 0.3) is 0 Å². The third-order valence-corrected chi connectivity index (χ3v) is 0. The molecule has 4 heavy (non-hydrogen) atoms. The molecule has 3 heteroatoms. The van der Waals surface area contributed by atoms with Crippen LogP contribution in [-0.4, -0.2) is 56.8 Å². The van der Waals surface area contributed by atoms with Crippen LogP contribution in [0, 0.1) is 0 Å². The first-order chi connectivity index (χ1) is 1.41. The molecule has 0 aliphatic carbocycles. The van der Waals surface area contributed by atoms with Gasteiger partial charge in [-0.2, -0.15) is 0 Å². The predicted molar refractivity (Wildman–Crippen MR) is 25.1 cm³/mol. The van der Waals surface area contributed by atoms with Gasteiger partial charge in [-0.3, -0.25) is 0 Å². The van der Waals surface area contributed by atoms with Crippen molar-refractivity contribution in [3.05, 3.63) is 0 Å². The van der Waals surface area contributed by atoms with Crippen LogP contribution in [0.2, 0.25) is 0 Å². The van der Waals surface area contributed by atoms with Crippen LogP contribution >= 0.6 is 15.9 Å². The summed E-state index contributed by atoms with van der Waals surface area (Å²) in [5, 5.41) is 0. The maximum atomic E-state index is 4.76. The van der Waals surface area contributed by atoms with E-state index >= 15 is 0 Å². The molecule has 0 aliphatic rings. The Morgan fingerprint density at radius 1 is 1.75 bits per heavy atom. The zero-order valence-electron chi connectivity index (χ0n) is 1.66. The molecule has 0 saturated carbocycles. The fourth-order valence-corrected chi connectivity index (χ4v) is 0. The molecule has 0 saturated heterocycles. The van der Waals surface area contributed by atoms with Crippen LogP contribution < -0.4 is 5.73 Å². The first kappa shape index (κ1) is 9.42.